The Morgan fingerprint density at radius 3 is 2.39 bits per heavy atom. The van der Waals surface area contributed by atoms with Gasteiger partial charge in [0.2, 0.25) is 0 Å². The van der Waals surface area contributed by atoms with Crippen LogP contribution >= 0.6 is 11.3 Å². The molecule has 2 aromatic rings. The van der Waals surface area contributed by atoms with Crippen molar-refractivity contribution in [3.63, 3.8) is 0 Å². The van der Waals surface area contributed by atoms with Crippen LogP contribution in [0.15, 0.2) is 23.7 Å². The van der Waals surface area contributed by atoms with Gasteiger partial charge in [0.15, 0.2) is 0 Å². The summed E-state index contributed by atoms with van der Waals surface area (Å²) in [7, 11) is 3.49. The minimum Gasteiger partial charge on any atom is -0.333 e. The maximum absolute atomic E-state index is 11.8. The molecule has 2 aliphatic rings. The molecular weight excluding hydrogens is 649 g/mol. The molecule has 1 aliphatic carbocycles. The van der Waals surface area contributed by atoms with Crippen molar-refractivity contribution >= 4 is 27.8 Å². The minimum absolute atomic E-state index is 0.117. The van der Waals surface area contributed by atoms with Crippen LogP contribution in [0.1, 0.15) is 83.0 Å². The van der Waals surface area contributed by atoms with E-state index in [1.165, 1.54) is 28.6 Å². The van der Waals surface area contributed by atoms with Crippen molar-refractivity contribution < 1.29 is 35.6 Å². The zero-order valence-corrected chi connectivity index (χ0v) is 28.8. The minimum atomic E-state index is -0.542. The fourth-order valence-corrected chi connectivity index (χ4v) is 7.14. The number of amides is 1. The van der Waals surface area contributed by atoms with Gasteiger partial charge in [-0.3, -0.25) is 0 Å². The quantitative estimate of drug-likeness (QED) is 0.150. The number of aldehydes is 2. The normalized spacial score (nSPS) is 16.7. The number of aromatic nitrogens is 1. The summed E-state index contributed by atoms with van der Waals surface area (Å²) < 4.78 is 0.345. The van der Waals surface area contributed by atoms with E-state index in [0.29, 0.717) is 5.92 Å². The molecule has 3 N–H and O–H groups in total. The van der Waals surface area contributed by atoms with Gasteiger partial charge in [-0.15, -0.1) is 11.3 Å². The number of halogens is 1. The number of carbonyl (C=O) groups excluding carboxylic acids is 3. The van der Waals surface area contributed by atoms with Crippen molar-refractivity contribution in [3.8, 4) is 16.5 Å². The Balaban J connectivity index is 0.000000323. The standard InChI is InChI=1S/C15H20N2S.C10H17INO2.C5H5NO.CH5N/c1-10(2)14-7-12(5-6-13(14)8-16-4)15-11(3)17-9-18-15;1-10(2,3)11-9(14)12-6-4-5-8(12)7-13;6-3-5(4-7)1-2-5;1-2/h5-7,9-10,16H,8H2,1-4H3;7-8H,4-6H2,1-3H3;4H,1-2H2;2H2,1H3/q;-1;;. The SMILES string of the molecule is CC(C)(C)[I-]C(=O)N1CCCC1C=O.CN.CNCc1ccc(-c2scnc2C)cc1C(C)C.N#CC1(C=O)CC1. The molecule has 1 atom stereocenters. The molecule has 8 nitrogen and oxygen atoms in total. The summed E-state index contributed by atoms with van der Waals surface area (Å²) in [6, 6.07) is 8.56. The van der Waals surface area contributed by atoms with Crippen LogP contribution in [0.25, 0.3) is 10.4 Å². The third-order valence-corrected chi connectivity index (χ3v) is 10.1. The van der Waals surface area contributed by atoms with Crippen LogP contribution in [-0.2, 0) is 16.1 Å². The smallest absolute Gasteiger partial charge is 0.140 e. The second-order valence-corrected chi connectivity index (χ2v) is 16.8. The molecule has 1 aliphatic heterocycles. The van der Waals surface area contributed by atoms with Gasteiger partial charge >= 0.3 is 95.5 Å². The van der Waals surface area contributed by atoms with Crippen molar-refractivity contribution in [1.82, 2.24) is 15.2 Å². The Hall–Kier alpha value is -2.20. The van der Waals surface area contributed by atoms with Gasteiger partial charge in [0.25, 0.3) is 0 Å². The number of aryl methyl sites for hydroxylation is 1. The Morgan fingerprint density at radius 1 is 1.32 bits per heavy atom. The van der Waals surface area contributed by atoms with Crippen LogP contribution in [0.5, 0.6) is 0 Å². The Kier molecular flexibility index (Phi) is 15.9. The number of thiazole rings is 1. The van der Waals surface area contributed by atoms with Gasteiger partial charge in [-0.2, -0.15) is 5.26 Å². The molecule has 1 amide bonds. The van der Waals surface area contributed by atoms with E-state index in [2.05, 4.69) is 75.8 Å². The summed E-state index contributed by atoms with van der Waals surface area (Å²) in [5.41, 5.74) is 11.1. The predicted octanol–water partition coefficient (Wildman–Crippen LogP) is 2.68. The third kappa shape index (κ3) is 11.9. The first-order valence-corrected chi connectivity index (χ1v) is 17.0. The van der Waals surface area contributed by atoms with Crippen LogP contribution in [0.4, 0.5) is 4.79 Å². The summed E-state index contributed by atoms with van der Waals surface area (Å²) in [4.78, 5) is 39.8. The van der Waals surface area contributed by atoms with Crippen LogP contribution < -0.4 is 32.3 Å². The van der Waals surface area contributed by atoms with E-state index < -0.39 is 26.6 Å². The molecule has 1 saturated heterocycles. The molecule has 41 heavy (non-hydrogen) atoms. The number of rotatable bonds is 7. The molecule has 0 bridgehead atoms. The molecule has 0 spiro atoms. The predicted molar refractivity (Wildman–Crippen MR) is 164 cm³/mol. The molecule has 1 saturated carbocycles. The first-order chi connectivity index (χ1) is 19.4. The number of alkyl halides is 1. The first kappa shape index (κ1) is 36.8. The van der Waals surface area contributed by atoms with Crippen LogP contribution in [0, 0.1) is 23.7 Å². The zero-order chi connectivity index (χ0) is 31.2. The largest absolute Gasteiger partial charge is 0.333 e. The summed E-state index contributed by atoms with van der Waals surface area (Å²) in [6.07, 6.45) is 5.02. The van der Waals surface area contributed by atoms with Gasteiger partial charge in [-0.25, -0.2) is 4.98 Å². The summed E-state index contributed by atoms with van der Waals surface area (Å²) >= 11 is 1.22. The maximum atomic E-state index is 11.8. The third-order valence-electron chi connectivity index (χ3n) is 6.43. The Bertz CT molecular complexity index is 1170. The van der Waals surface area contributed by atoms with E-state index >= 15 is 0 Å². The average Bonchev–Trinajstić information content (AvgIpc) is 3.35. The number of nitriles is 1. The van der Waals surface area contributed by atoms with Gasteiger partial charge in [-0.05, 0) is 62.5 Å². The van der Waals surface area contributed by atoms with Gasteiger partial charge in [0.05, 0.1) is 22.2 Å². The molecule has 1 aromatic heterocycles. The van der Waals surface area contributed by atoms with E-state index in [-0.39, 0.29) is 13.4 Å². The second-order valence-electron chi connectivity index (χ2n) is 11.2. The summed E-state index contributed by atoms with van der Waals surface area (Å²) in [6.45, 7) is 14.5. The Labute approximate surface area is 260 Å². The first-order valence-electron chi connectivity index (χ1n) is 13.9. The molecule has 10 heteroatoms. The van der Waals surface area contributed by atoms with E-state index in [1.807, 2.05) is 18.6 Å². The second kappa shape index (κ2) is 17.7. The molecule has 1 unspecified atom stereocenters. The number of carbonyl (C=O) groups is 3. The van der Waals surface area contributed by atoms with E-state index in [0.717, 1.165) is 57.0 Å². The molecule has 228 valence electrons. The number of hydrogen-bond acceptors (Lipinski definition) is 8. The molecule has 2 heterocycles. The van der Waals surface area contributed by atoms with E-state index in [4.69, 9.17) is 5.26 Å². The van der Waals surface area contributed by atoms with Gasteiger partial charge in [0, 0.05) is 6.54 Å². The number of nitrogens with one attached hydrogen (secondary N) is 1. The average molecular weight is 697 g/mol. The van der Waals surface area contributed by atoms with Crippen molar-refractivity contribution in [2.45, 2.75) is 89.2 Å². The van der Waals surface area contributed by atoms with Gasteiger partial charge in [0.1, 0.15) is 11.7 Å². The molecule has 2 fully saturated rings. The molecule has 0 radical (unpaired) electrons. The number of likely N-dealkylation sites (tertiary alicyclic amines) is 1. The van der Waals surface area contributed by atoms with Crippen molar-refractivity contribution in [2.75, 3.05) is 20.6 Å². The number of hydrogen-bond donors (Lipinski definition) is 2. The molecule has 4 rings (SSSR count). The monoisotopic (exact) mass is 696 g/mol. The Morgan fingerprint density at radius 2 is 1.98 bits per heavy atom. The molecule has 1 aromatic carbocycles. The fourth-order valence-electron chi connectivity index (χ4n) is 4.04. The zero-order valence-electron chi connectivity index (χ0n) is 25.8. The fraction of sp³-hybridized carbons (Fsp3) is 0.581. The summed E-state index contributed by atoms with van der Waals surface area (Å²) in [5, 5.41) is 11.4. The van der Waals surface area contributed by atoms with Gasteiger partial charge in [-0.1, -0.05) is 26.0 Å². The van der Waals surface area contributed by atoms with E-state index in [1.54, 1.807) is 16.2 Å². The van der Waals surface area contributed by atoms with Crippen LogP contribution in [-0.4, -0.2) is 56.5 Å². The summed E-state index contributed by atoms with van der Waals surface area (Å²) in [5.74, 6) is 0.543. The van der Waals surface area contributed by atoms with E-state index in [9.17, 15) is 14.4 Å². The molecular formula is C31H47IN5O3S-. The van der Waals surface area contributed by atoms with Crippen LogP contribution in [0.3, 0.4) is 0 Å². The topological polar surface area (TPSA) is 129 Å². The van der Waals surface area contributed by atoms with Crippen molar-refractivity contribution in [1.29, 1.82) is 5.26 Å². The van der Waals surface area contributed by atoms with Crippen molar-refractivity contribution in [2.24, 2.45) is 11.1 Å². The maximum Gasteiger partial charge on any atom is 0.140 e. The number of nitrogens with zero attached hydrogens (tertiary/aromatic N) is 3. The van der Waals surface area contributed by atoms with Gasteiger partial charge < -0.3 is 15.8 Å². The number of nitrogens with two attached hydrogens (primary N) is 1. The number of benzene rings is 1. The van der Waals surface area contributed by atoms with Crippen LogP contribution in [0.2, 0.25) is 0 Å². The van der Waals surface area contributed by atoms with Crippen molar-refractivity contribution in [3.05, 3.63) is 40.5 Å².